The summed E-state index contributed by atoms with van der Waals surface area (Å²) in [5.74, 6) is 0. The molecule has 22 heavy (non-hydrogen) atoms. The van der Waals surface area contributed by atoms with Crippen molar-refractivity contribution < 1.29 is 9.13 Å². The van der Waals surface area contributed by atoms with E-state index in [1.165, 1.54) is 11.1 Å². The van der Waals surface area contributed by atoms with Gasteiger partial charge in [-0.05, 0) is 55.8 Å². The Balaban J connectivity index is 1.71. The average molecular weight is 294 g/mol. The van der Waals surface area contributed by atoms with Crippen LogP contribution in [0, 0.1) is 12.7 Å². The molecule has 1 aromatic carbocycles. The minimum Gasteiger partial charge on any atom is -0.351 e. The summed E-state index contributed by atoms with van der Waals surface area (Å²) in [6, 6.07) is 8.71. The molecule has 3 rings (SSSR count). The van der Waals surface area contributed by atoms with Crippen LogP contribution in [-0.4, -0.2) is 9.13 Å². The molecule has 0 fully saturated rings. The van der Waals surface area contributed by atoms with Crippen LogP contribution < -0.4 is 9.13 Å². The fraction of sp³-hybridized carbons (Fsp3) is 0.333. The molecule has 4 nitrogen and oxygen atoms in total. The largest absolute Gasteiger partial charge is 0.351 e. The number of hydrogen-bond donors (Lipinski definition) is 0. The minimum absolute atomic E-state index is 0.852. The van der Waals surface area contributed by atoms with E-state index in [2.05, 4.69) is 93.8 Å². The van der Waals surface area contributed by atoms with Crippen LogP contribution in [0.4, 0.5) is 0 Å². The molecule has 0 saturated carbocycles. The van der Waals surface area contributed by atoms with Gasteiger partial charge in [0.25, 0.3) is 0 Å². The van der Waals surface area contributed by atoms with E-state index in [0.717, 1.165) is 26.2 Å². The summed E-state index contributed by atoms with van der Waals surface area (Å²) < 4.78 is 8.30. The molecule has 0 amide bonds. The van der Waals surface area contributed by atoms with E-state index in [1.54, 1.807) is 0 Å². The molecule has 2 heterocycles. The zero-order valence-electron chi connectivity index (χ0n) is 13.2. The van der Waals surface area contributed by atoms with Gasteiger partial charge in [0.05, 0.1) is 26.2 Å². The molecule has 0 bridgehead atoms. The quantitative estimate of drug-likeness (QED) is 0.485. The summed E-state index contributed by atoms with van der Waals surface area (Å²) in [7, 11) is 0. The van der Waals surface area contributed by atoms with Gasteiger partial charge in [-0.3, -0.25) is 0 Å². The molecule has 4 heteroatoms. The summed E-state index contributed by atoms with van der Waals surface area (Å²) in [6.45, 7) is 7.85. The maximum Gasteiger partial charge on any atom is 0.204 e. The highest BCUT2D eigenvalue weighted by Crippen LogP contribution is 2.07. The molecule has 0 atom stereocenters. The van der Waals surface area contributed by atoms with Gasteiger partial charge in [0, 0.05) is 0 Å². The van der Waals surface area contributed by atoms with Crippen molar-refractivity contribution in [3.8, 4) is 0 Å². The predicted molar refractivity (Wildman–Crippen MR) is 82.9 cm³/mol. The van der Waals surface area contributed by atoms with Crippen LogP contribution in [0.15, 0.2) is 49.1 Å². The summed E-state index contributed by atoms with van der Waals surface area (Å²) in [6.07, 6.45) is 14.9. The van der Waals surface area contributed by atoms with Gasteiger partial charge in [-0.15, -0.1) is 0 Å². The van der Waals surface area contributed by atoms with Crippen molar-refractivity contribution in [3.05, 3.63) is 72.8 Å². The maximum absolute atomic E-state index is 3.31. The van der Waals surface area contributed by atoms with Gasteiger partial charge >= 0.3 is 0 Å². The third kappa shape index (κ3) is 3.45. The van der Waals surface area contributed by atoms with Crippen molar-refractivity contribution in [3.63, 3.8) is 0 Å². The van der Waals surface area contributed by atoms with Crippen LogP contribution in [0.3, 0.4) is 0 Å². The lowest BCUT2D eigenvalue weighted by Gasteiger charge is -2.06. The normalized spacial score (nSPS) is 11.0. The first-order chi connectivity index (χ1) is 10.8. The smallest absolute Gasteiger partial charge is 0.204 e. The Labute approximate surface area is 131 Å². The first-order valence-electron chi connectivity index (χ1n) is 7.80. The standard InChI is InChI=1S/C18H22N4/c1-3-19-8-10-21(15-19)13-17-6-5-7-18(12-17)14-22-11-9-20(4-2)16-22/h5-12H,3-4,13-14H2,1-2H3. The van der Waals surface area contributed by atoms with Crippen molar-refractivity contribution in [2.24, 2.45) is 0 Å². The number of imidazole rings is 2. The van der Waals surface area contributed by atoms with Crippen LogP contribution in [0.5, 0.6) is 0 Å². The van der Waals surface area contributed by atoms with E-state index in [-0.39, 0.29) is 0 Å². The van der Waals surface area contributed by atoms with E-state index in [4.69, 9.17) is 0 Å². The fourth-order valence-corrected chi connectivity index (χ4v) is 2.53. The van der Waals surface area contributed by atoms with Gasteiger partial charge in [0.2, 0.25) is 12.7 Å². The Bertz CT molecular complexity index is 679. The highest BCUT2D eigenvalue weighted by Gasteiger charge is 2.02. The molecule has 0 unspecified atom stereocenters. The monoisotopic (exact) mass is 294 g/mol. The topological polar surface area (TPSA) is 17.6 Å². The maximum atomic E-state index is 3.31. The molecule has 2 aromatic heterocycles. The summed E-state index contributed by atoms with van der Waals surface area (Å²) in [5, 5.41) is 0. The third-order valence-corrected chi connectivity index (χ3v) is 3.75. The number of aromatic nitrogens is 4. The lowest BCUT2D eigenvalue weighted by atomic mass is 10.1. The minimum atomic E-state index is 0.852. The molecule has 0 spiro atoms. The first kappa shape index (κ1) is 14.6. The Morgan fingerprint density at radius 2 is 1.68 bits per heavy atom. The second-order valence-corrected chi connectivity index (χ2v) is 5.44. The van der Waals surface area contributed by atoms with Gasteiger partial charge in [0.1, 0.15) is 0 Å². The van der Waals surface area contributed by atoms with Gasteiger partial charge in [-0.2, -0.15) is 0 Å². The summed E-state index contributed by atoms with van der Waals surface area (Å²) in [5.41, 5.74) is 2.59. The number of aryl methyl sites for hydroxylation is 2. The molecule has 3 aromatic rings. The highest BCUT2D eigenvalue weighted by atomic mass is 15.1. The zero-order chi connectivity index (χ0) is 15.4. The Hall–Kier alpha value is -2.36. The Morgan fingerprint density at radius 3 is 2.41 bits per heavy atom. The number of benzene rings is 1. The molecule has 0 radical (unpaired) electrons. The second kappa shape index (κ2) is 6.60. The van der Waals surface area contributed by atoms with Gasteiger partial charge in [0.15, 0.2) is 0 Å². The van der Waals surface area contributed by atoms with Crippen LogP contribution in [-0.2, 0) is 26.2 Å². The number of rotatable bonds is 6. The molecule has 114 valence electrons. The van der Waals surface area contributed by atoms with Crippen molar-refractivity contribution in [1.82, 2.24) is 9.13 Å². The first-order valence-corrected chi connectivity index (χ1v) is 7.80. The van der Waals surface area contributed by atoms with Crippen molar-refractivity contribution in [1.29, 1.82) is 0 Å². The van der Waals surface area contributed by atoms with E-state index < -0.39 is 0 Å². The van der Waals surface area contributed by atoms with Crippen LogP contribution in [0.2, 0.25) is 0 Å². The number of nitrogens with zero attached hydrogens (tertiary/aromatic N) is 4. The third-order valence-electron chi connectivity index (χ3n) is 3.75. The molecule has 0 aliphatic heterocycles. The summed E-state index contributed by atoms with van der Waals surface area (Å²) >= 11 is 0. The van der Waals surface area contributed by atoms with Crippen molar-refractivity contribution >= 4 is 0 Å². The Morgan fingerprint density at radius 1 is 0.955 bits per heavy atom. The van der Waals surface area contributed by atoms with Crippen LogP contribution in [0.25, 0.3) is 0 Å². The van der Waals surface area contributed by atoms with E-state index in [0.29, 0.717) is 0 Å². The second-order valence-electron chi connectivity index (χ2n) is 5.44. The number of hydrogen-bond acceptors (Lipinski definition) is 0. The van der Waals surface area contributed by atoms with E-state index in [9.17, 15) is 0 Å². The van der Waals surface area contributed by atoms with Gasteiger partial charge in [-0.25, -0.2) is 0 Å². The molecule has 0 aliphatic carbocycles. The van der Waals surface area contributed by atoms with Crippen LogP contribution >= 0.6 is 0 Å². The average Bonchev–Trinajstić information content (AvgIpc) is 3.16. The van der Waals surface area contributed by atoms with E-state index >= 15 is 0 Å². The SMILES string of the molecule is CCn1[c-][n+](Cc2cccc(Cn3[c-][n+](CC)cc3)c2)cc1. The van der Waals surface area contributed by atoms with Gasteiger partial charge in [-0.1, -0.05) is 18.2 Å². The van der Waals surface area contributed by atoms with Crippen LogP contribution in [0.1, 0.15) is 25.0 Å². The molecule has 0 aliphatic rings. The lowest BCUT2D eigenvalue weighted by molar-refractivity contribution is -0.697. The van der Waals surface area contributed by atoms with Crippen molar-refractivity contribution in [2.75, 3.05) is 0 Å². The predicted octanol–water partition coefficient (Wildman–Crippen LogP) is 1.60. The molecule has 0 saturated heterocycles. The zero-order valence-corrected chi connectivity index (χ0v) is 13.2. The Kier molecular flexibility index (Phi) is 4.37. The highest BCUT2D eigenvalue weighted by molar-refractivity contribution is 5.23. The van der Waals surface area contributed by atoms with Crippen molar-refractivity contribution in [2.45, 2.75) is 40.0 Å². The van der Waals surface area contributed by atoms with E-state index in [1.807, 2.05) is 0 Å². The lowest BCUT2D eigenvalue weighted by Crippen LogP contribution is -2.32. The molecular weight excluding hydrogens is 272 g/mol. The molecule has 0 N–H and O–H groups in total. The van der Waals surface area contributed by atoms with Gasteiger partial charge < -0.3 is 18.3 Å². The molecular formula is C18H22N4. The summed E-state index contributed by atoms with van der Waals surface area (Å²) in [4.78, 5) is 0. The fourth-order valence-electron chi connectivity index (χ4n) is 2.53.